The number of pyridine rings is 2. The molecule has 168 valence electrons. The lowest BCUT2D eigenvalue weighted by atomic mass is 9.91. The van der Waals surface area contributed by atoms with Crippen molar-refractivity contribution in [3.8, 4) is 0 Å². The Morgan fingerprint density at radius 3 is 2.33 bits per heavy atom. The molecule has 2 aromatic heterocycles. The summed E-state index contributed by atoms with van der Waals surface area (Å²) in [5.74, 6) is 0.814. The minimum absolute atomic E-state index is 0.0935. The quantitative estimate of drug-likeness (QED) is 0.458. The van der Waals surface area contributed by atoms with E-state index in [-0.39, 0.29) is 11.9 Å². The van der Waals surface area contributed by atoms with Gasteiger partial charge in [-0.1, -0.05) is 42.5 Å². The van der Waals surface area contributed by atoms with Gasteiger partial charge in [-0.05, 0) is 43.9 Å². The van der Waals surface area contributed by atoms with Crippen LogP contribution in [0.2, 0.25) is 0 Å². The number of benzene rings is 2. The second-order valence-electron chi connectivity index (χ2n) is 8.99. The predicted molar refractivity (Wildman–Crippen MR) is 135 cm³/mol. The third-order valence-corrected chi connectivity index (χ3v) is 6.42. The molecule has 6 nitrogen and oxygen atoms in total. The van der Waals surface area contributed by atoms with Crippen LogP contribution in [0.4, 0.5) is 11.5 Å². The molecule has 0 unspecified atom stereocenters. The fourth-order valence-corrected chi connectivity index (χ4v) is 4.64. The zero-order valence-electron chi connectivity index (χ0n) is 19.1. The first kappa shape index (κ1) is 21.2. The summed E-state index contributed by atoms with van der Waals surface area (Å²) in [6, 6.07) is 22.5. The number of aromatic nitrogens is 2. The Kier molecular flexibility index (Phi) is 5.82. The maximum Gasteiger partial charge on any atom is 0.270 e. The lowest BCUT2D eigenvalue weighted by molar-refractivity contribution is 0.0922. The van der Waals surface area contributed by atoms with Gasteiger partial charge in [0.15, 0.2) is 0 Å². The van der Waals surface area contributed by atoms with Gasteiger partial charge in [-0.3, -0.25) is 4.79 Å². The molecule has 0 aliphatic heterocycles. The van der Waals surface area contributed by atoms with Crippen LogP contribution in [0, 0.1) is 0 Å². The molecule has 6 heteroatoms. The average Bonchev–Trinajstić information content (AvgIpc) is 2.84. The summed E-state index contributed by atoms with van der Waals surface area (Å²) in [4.78, 5) is 24.2. The smallest absolute Gasteiger partial charge is 0.270 e. The topological polar surface area (TPSA) is 70.2 Å². The number of hydrogen-bond acceptors (Lipinski definition) is 5. The molecule has 2 heterocycles. The van der Waals surface area contributed by atoms with Crippen LogP contribution < -0.4 is 15.5 Å². The van der Waals surface area contributed by atoms with E-state index in [0.717, 1.165) is 59.0 Å². The van der Waals surface area contributed by atoms with E-state index in [4.69, 9.17) is 4.98 Å². The molecule has 1 aliphatic carbocycles. The minimum Gasteiger partial charge on any atom is -0.377 e. The van der Waals surface area contributed by atoms with Crippen molar-refractivity contribution in [2.45, 2.75) is 37.8 Å². The van der Waals surface area contributed by atoms with Crippen LogP contribution in [0.1, 0.15) is 36.2 Å². The van der Waals surface area contributed by atoms with Crippen LogP contribution in [0.5, 0.6) is 0 Å². The average molecular weight is 440 g/mol. The van der Waals surface area contributed by atoms with Crippen molar-refractivity contribution in [3.05, 3.63) is 72.4 Å². The summed E-state index contributed by atoms with van der Waals surface area (Å²) in [5.41, 5.74) is 3.48. The zero-order valence-corrected chi connectivity index (χ0v) is 19.1. The molecule has 4 aromatic rings. The number of nitrogens with one attached hydrogen (secondary N) is 2. The molecule has 33 heavy (non-hydrogen) atoms. The molecule has 2 aromatic carbocycles. The Labute approximate surface area is 194 Å². The Morgan fingerprint density at radius 1 is 0.848 bits per heavy atom. The summed E-state index contributed by atoms with van der Waals surface area (Å²) >= 11 is 0. The lowest BCUT2D eigenvalue weighted by Crippen LogP contribution is -2.40. The van der Waals surface area contributed by atoms with Gasteiger partial charge in [-0.25, -0.2) is 9.97 Å². The number of carbonyl (C=O) groups is 1. The van der Waals surface area contributed by atoms with Crippen molar-refractivity contribution in [3.63, 3.8) is 0 Å². The summed E-state index contributed by atoms with van der Waals surface area (Å²) in [6.45, 7) is 0. The molecule has 0 atom stereocenters. The standard InChI is InChI=1S/C27H29N5O/c1-32(2)25-17-26(31-23-10-6-4-8-21(23)25)28-19-12-14-20(15-13-19)29-27(33)24-16-11-18-7-3-5-9-22(18)30-24/h3-11,16-17,19-20H,12-15H2,1-2H3,(H,28,31)(H,29,33)/t19-,20+. The highest BCUT2D eigenvalue weighted by atomic mass is 16.1. The first-order valence-electron chi connectivity index (χ1n) is 11.6. The largest absolute Gasteiger partial charge is 0.377 e. The minimum atomic E-state index is -0.0935. The fourth-order valence-electron chi connectivity index (χ4n) is 4.64. The van der Waals surface area contributed by atoms with Gasteiger partial charge in [0, 0.05) is 48.7 Å². The Balaban J connectivity index is 1.21. The molecule has 1 amide bonds. The summed E-state index contributed by atoms with van der Waals surface area (Å²) in [7, 11) is 4.12. The van der Waals surface area contributed by atoms with Crippen molar-refractivity contribution >= 4 is 39.2 Å². The number of carbonyl (C=O) groups excluding carboxylic acids is 1. The van der Waals surface area contributed by atoms with Gasteiger partial charge in [0.25, 0.3) is 5.91 Å². The molecule has 0 spiro atoms. The monoisotopic (exact) mass is 439 g/mol. The second kappa shape index (κ2) is 9.06. The zero-order chi connectivity index (χ0) is 22.8. The van der Waals surface area contributed by atoms with Crippen molar-refractivity contribution in [1.82, 2.24) is 15.3 Å². The molecule has 2 N–H and O–H groups in total. The van der Waals surface area contributed by atoms with Gasteiger partial charge in [-0.15, -0.1) is 0 Å². The lowest BCUT2D eigenvalue weighted by Gasteiger charge is -2.30. The molecule has 0 radical (unpaired) electrons. The van der Waals surface area contributed by atoms with Gasteiger partial charge >= 0.3 is 0 Å². The number of para-hydroxylation sites is 2. The van der Waals surface area contributed by atoms with E-state index < -0.39 is 0 Å². The van der Waals surface area contributed by atoms with Crippen LogP contribution in [0.15, 0.2) is 66.7 Å². The molecule has 0 saturated heterocycles. The SMILES string of the molecule is CN(C)c1cc(N[C@H]2CC[C@@H](NC(=O)c3ccc4ccccc4n3)CC2)nc2ccccc12. The fraction of sp³-hybridized carbons (Fsp3) is 0.296. The van der Waals surface area contributed by atoms with E-state index in [0.29, 0.717) is 11.7 Å². The van der Waals surface area contributed by atoms with Gasteiger partial charge in [0.05, 0.1) is 11.0 Å². The summed E-state index contributed by atoms with van der Waals surface area (Å²) < 4.78 is 0. The van der Waals surface area contributed by atoms with Gasteiger partial charge in [-0.2, -0.15) is 0 Å². The highest BCUT2D eigenvalue weighted by Crippen LogP contribution is 2.29. The highest BCUT2D eigenvalue weighted by Gasteiger charge is 2.24. The number of fused-ring (bicyclic) bond motifs is 2. The third-order valence-electron chi connectivity index (χ3n) is 6.42. The molecular weight excluding hydrogens is 410 g/mol. The normalized spacial score (nSPS) is 18.2. The van der Waals surface area contributed by atoms with E-state index in [1.165, 1.54) is 0 Å². The highest BCUT2D eigenvalue weighted by molar-refractivity contribution is 5.95. The molecule has 1 saturated carbocycles. The van der Waals surface area contributed by atoms with Crippen LogP contribution in [0.25, 0.3) is 21.8 Å². The van der Waals surface area contributed by atoms with Crippen molar-refractivity contribution in [2.24, 2.45) is 0 Å². The Bertz CT molecular complexity index is 1290. The van der Waals surface area contributed by atoms with Crippen molar-refractivity contribution < 1.29 is 4.79 Å². The maximum absolute atomic E-state index is 12.8. The van der Waals surface area contributed by atoms with E-state index in [1.807, 2.05) is 42.5 Å². The third kappa shape index (κ3) is 4.60. The summed E-state index contributed by atoms with van der Waals surface area (Å²) in [6.07, 6.45) is 3.85. The number of nitrogens with zero attached hydrogens (tertiary/aromatic N) is 3. The van der Waals surface area contributed by atoms with Crippen LogP contribution in [-0.4, -0.2) is 42.1 Å². The van der Waals surface area contributed by atoms with E-state index in [2.05, 4.69) is 52.8 Å². The maximum atomic E-state index is 12.8. The van der Waals surface area contributed by atoms with Gasteiger partial charge in [0.2, 0.25) is 0 Å². The van der Waals surface area contributed by atoms with Gasteiger partial charge < -0.3 is 15.5 Å². The number of anilines is 2. The molecule has 0 bridgehead atoms. The summed E-state index contributed by atoms with van der Waals surface area (Å²) in [5, 5.41) is 9.01. The first-order chi connectivity index (χ1) is 16.1. The van der Waals surface area contributed by atoms with Gasteiger partial charge in [0.1, 0.15) is 11.5 Å². The molecule has 1 aliphatic rings. The van der Waals surface area contributed by atoms with E-state index in [1.54, 1.807) is 6.07 Å². The van der Waals surface area contributed by atoms with E-state index >= 15 is 0 Å². The molecule has 1 fully saturated rings. The molecular formula is C27H29N5O. The van der Waals surface area contributed by atoms with Crippen molar-refractivity contribution in [1.29, 1.82) is 0 Å². The second-order valence-corrected chi connectivity index (χ2v) is 8.99. The Morgan fingerprint density at radius 2 is 1.55 bits per heavy atom. The number of amides is 1. The van der Waals surface area contributed by atoms with Crippen LogP contribution >= 0.6 is 0 Å². The number of hydrogen-bond donors (Lipinski definition) is 2. The predicted octanol–water partition coefficient (Wildman–Crippen LogP) is 5.00. The Hall–Kier alpha value is -3.67. The molecule has 5 rings (SSSR count). The number of rotatable bonds is 5. The van der Waals surface area contributed by atoms with Crippen LogP contribution in [0.3, 0.4) is 0 Å². The first-order valence-corrected chi connectivity index (χ1v) is 11.6. The van der Waals surface area contributed by atoms with Crippen LogP contribution in [-0.2, 0) is 0 Å². The van der Waals surface area contributed by atoms with E-state index in [9.17, 15) is 4.79 Å². The van der Waals surface area contributed by atoms with Crippen molar-refractivity contribution in [2.75, 3.05) is 24.3 Å².